The van der Waals surface area contributed by atoms with Crippen LogP contribution in [0.25, 0.3) is 0 Å². The van der Waals surface area contributed by atoms with Gasteiger partial charge in [0.15, 0.2) is 12.6 Å². The van der Waals surface area contributed by atoms with Crippen molar-refractivity contribution in [2.75, 3.05) is 13.2 Å². The first-order valence-electron chi connectivity index (χ1n) is 8.10. The van der Waals surface area contributed by atoms with Crippen LogP contribution in [0.1, 0.15) is 44.1 Å². The Morgan fingerprint density at radius 2 is 1.41 bits per heavy atom. The van der Waals surface area contributed by atoms with Crippen molar-refractivity contribution in [2.24, 2.45) is 0 Å². The van der Waals surface area contributed by atoms with Crippen molar-refractivity contribution in [1.29, 1.82) is 0 Å². The van der Waals surface area contributed by atoms with E-state index in [-0.39, 0.29) is 12.6 Å². The molecular weight excluding hydrogens is 348 g/mol. The van der Waals surface area contributed by atoms with Gasteiger partial charge in [-0.3, -0.25) is 0 Å². The molecule has 0 saturated carbocycles. The van der Waals surface area contributed by atoms with Gasteiger partial charge in [-0.15, -0.1) is 0 Å². The Balaban J connectivity index is 1.67. The van der Waals surface area contributed by atoms with Crippen molar-refractivity contribution in [3.05, 3.63) is 23.8 Å². The third kappa shape index (κ3) is 4.61. The molecule has 0 spiro atoms. The molecule has 0 bridgehead atoms. The van der Waals surface area contributed by atoms with Gasteiger partial charge in [0.25, 0.3) is 0 Å². The smallest absolute Gasteiger partial charge is 0.199 e. The number of ether oxygens (including phenoxy) is 4. The maximum Gasteiger partial charge on any atom is 0.199 e. The van der Waals surface area contributed by atoms with Crippen LogP contribution in [0, 0.1) is 0 Å². The van der Waals surface area contributed by atoms with E-state index in [9.17, 15) is 0 Å². The van der Waals surface area contributed by atoms with Crippen LogP contribution in [0.3, 0.4) is 0 Å². The lowest BCUT2D eigenvalue weighted by atomic mass is 10.2. The molecule has 1 aromatic rings. The Morgan fingerprint density at radius 1 is 0.864 bits per heavy atom. The molecule has 0 aromatic heterocycles. The summed E-state index contributed by atoms with van der Waals surface area (Å²) in [6.07, 6.45) is 6.16. The fraction of sp³-hybridized carbons (Fsp3) is 0.647. The van der Waals surface area contributed by atoms with E-state index in [0.717, 1.165) is 74.1 Å². The van der Waals surface area contributed by atoms with Gasteiger partial charge in [0.05, 0.1) is 13.2 Å². The summed E-state index contributed by atoms with van der Waals surface area (Å²) in [5.41, 5.74) is 1.12. The molecule has 122 valence electrons. The minimum absolute atomic E-state index is 0.141. The molecule has 2 heterocycles. The number of rotatable bonds is 5. The zero-order valence-electron chi connectivity index (χ0n) is 12.8. The molecule has 2 aliphatic rings. The average Bonchev–Trinajstić information content (AvgIpc) is 2.56. The lowest BCUT2D eigenvalue weighted by Gasteiger charge is -2.25. The molecular formula is C17H23BrO4. The van der Waals surface area contributed by atoms with Crippen LogP contribution >= 0.6 is 15.9 Å². The summed E-state index contributed by atoms with van der Waals surface area (Å²) in [7, 11) is 0. The van der Waals surface area contributed by atoms with E-state index in [4.69, 9.17) is 18.9 Å². The summed E-state index contributed by atoms with van der Waals surface area (Å²) in [5.74, 6) is 1.60. The molecule has 0 aliphatic carbocycles. The van der Waals surface area contributed by atoms with Crippen LogP contribution in [0.15, 0.2) is 18.2 Å². The van der Waals surface area contributed by atoms with Crippen LogP contribution in [-0.2, 0) is 14.8 Å². The fourth-order valence-corrected chi connectivity index (χ4v) is 3.08. The van der Waals surface area contributed by atoms with Crippen molar-refractivity contribution in [1.82, 2.24) is 0 Å². The van der Waals surface area contributed by atoms with Crippen LogP contribution < -0.4 is 9.47 Å². The largest absolute Gasteiger partial charge is 0.465 e. The zero-order chi connectivity index (χ0) is 15.2. The van der Waals surface area contributed by atoms with E-state index in [1.54, 1.807) is 0 Å². The van der Waals surface area contributed by atoms with E-state index in [0.29, 0.717) is 0 Å². The lowest BCUT2D eigenvalue weighted by molar-refractivity contribution is -0.109. The molecule has 2 saturated heterocycles. The van der Waals surface area contributed by atoms with Crippen molar-refractivity contribution in [2.45, 2.75) is 56.4 Å². The van der Waals surface area contributed by atoms with Gasteiger partial charge in [-0.05, 0) is 43.4 Å². The molecule has 2 unspecified atom stereocenters. The Morgan fingerprint density at radius 3 is 1.82 bits per heavy atom. The molecule has 4 nitrogen and oxygen atoms in total. The van der Waals surface area contributed by atoms with Crippen molar-refractivity contribution in [3.8, 4) is 11.5 Å². The van der Waals surface area contributed by atoms with Crippen molar-refractivity contribution >= 4 is 15.9 Å². The van der Waals surface area contributed by atoms with Gasteiger partial charge in [0.2, 0.25) is 0 Å². The summed E-state index contributed by atoms with van der Waals surface area (Å²) in [5, 5.41) is 0.762. The second kappa shape index (κ2) is 8.18. The van der Waals surface area contributed by atoms with Gasteiger partial charge in [-0.1, -0.05) is 15.9 Å². The number of hydrogen-bond donors (Lipinski definition) is 0. The molecule has 1 aromatic carbocycles. The number of halogens is 1. The van der Waals surface area contributed by atoms with E-state index in [1.165, 1.54) is 0 Å². The van der Waals surface area contributed by atoms with Gasteiger partial charge >= 0.3 is 0 Å². The predicted molar refractivity (Wildman–Crippen MR) is 87.5 cm³/mol. The minimum atomic E-state index is -0.141. The second-order valence-electron chi connectivity index (χ2n) is 5.77. The molecule has 0 N–H and O–H groups in total. The first-order chi connectivity index (χ1) is 10.8. The third-order valence-corrected chi connectivity index (χ3v) is 4.55. The minimum Gasteiger partial charge on any atom is -0.465 e. The van der Waals surface area contributed by atoms with E-state index in [1.807, 2.05) is 18.2 Å². The average molecular weight is 371 g/mol. The Kier molecular flexibility index (Phi) is 5.98. The van der Waals surface area contributed by atoms with E-state index in [2.05, 4.69) is 15.9 Å². The van der Waals surface area contributed by atoms with Gasteiger partial charge in [-0.25, -0.2) is 0 Å². The molecule has 0 radical (unpaired) electrons. The number of hydrogen-bond acceptors (Lipinski definition) is 4. The van der Waals surface area contributed by atoms with Gasteiger partial charge in [0.1, 0.15) is 11.5 Å². The second-order valence-corrected chi connectivity index (χ2v) is 6.33. The molecule has 3 rings (SSSR count). The molecule has 5 heteroatoms. The maximum atomic E-state index is 5.96. The highest BCUT2D eigenvalue weighted by molar-refractivity contribution is 9.08. The zero-order valence-corrected chi connectivity index (χ0v) is 14.3. The third-order valence-electron chi connectivity index (χ3n) is 3.91. The Labute approximate surface area is 140 Å². The van der Waals surface area contributed by atoms with E-state index < -0.39 is 0 Å². The topological polar surface area (TPSA) is 36.9 Å². The summed E-state index contributed by atoms with van der Waals surface area (Å²) in [6, 6.07) is 5.99. The molecule has 2 fully saturated rings. The highest BCUT2D eigenvalue weighted by atomic mass is 79.9. The van der Waals surface area contributed by atoms with Crippen molar-refractivity contribution < 1.29 is 18.9 Å². The van der Waals surface area contributed by atoms with Crippen LogP contribution in [0.4, 0.5) is 0 Å². The maximum absolute atomic E-state index is 5.96. The lowest BCUT2D eigenvalue weighted by Crippen LogP contribution is -2.26. The summed E-state index contributed by atoms with van der Waals surface area (Å²) in [6.45, 7) is 1.56. The number of benzene rings is 1. The molecule has 2 aliphatic heterocycles. The monoisotopic (exact) mass is 370 g/mol. The standard InChI is InChI=1S/C17H23BrO4/c18-12-13-9-14(21-16-5-1-3-7-19-16)11-15(10-13)22-17-6-2-4-8-20-17/h9-11,16-17H,1-8,12H2. The van der Waals surface area contributed by atoms with Crippen LogP contribution in [-0.4, -0.2) is 25.8 Å². The molecule has 0 amide bonds. The SMILES string of the molecule is BrCc1cc(OC2CCCCO2)cc(OC2CCCCO2)c1. The van der Waals surface area contributed by atoms with Crippen LogP contribution in [0.2, 0.25) is 0 Å². The molecule has 2 atom stereocenters. The first kappa shape index (κ1) is 16.1. The first-order valence-corrected chi connectivity index (χ1v) is 9.22. The predicted octanol–water partition coefficient (Wildman–Crippen LogP) is 4.39. The van der Waals surface area contributed by atoms with E-state index >= 15 is 0 Å². The number of alkyl halides is 1. The van der Waals surface area contributed by atoms with Gasteiger partial charge in [-0.2, -0.15) is 0 Å². The summed E-state index contributed by atoms with van der Waals surface area (Å²) >= 11 is 3.50. The highest BCUT2D eigenvalue weighted by Gasteiger charge is 2.18. The summed E-state index contributed by atoms with van der Waals surface area (Å²) < 4.78 is 23.2. The Hall–Kier alpha value is -0.780. The van der Waals surface area contributed by atoms with Gasteiger partial charge in [0, 0.05) is 24.2 Å². The Bertz CT molecular complexity index is 429. The van der Waals surface area contributed by atoms with Gasteiger partial charge < -0.3 is 18.9 Å². The van der Waals surface area contributed by atoms with Crippen LogP contribution in [0.5, 0.6) is 11.5 Å². The fourth-order valence-electron chi connectivity index (χ4n) is 2.76. The quantitative estimate of drug-likeness (QED) is 0.720. The normalized spacial score (nSPS) is 25.7. The van der Waals surface area contributed by atoms with Crippen molar-refractivity contribution in [3.63, 3.8) is 0 Å². The molecule has 22 heavy (non-hydrogen) atoms. The highest BCUT2D eigenvalue weighted by Crippen LogP contribution is 2.29. The summed E-state index contributed by atoms with van der Waals surface area (Å²) in [4.78, 5) is 0.